The highest BCUT2D eigenvalue weighted by Gasteiger charge is 2.27. The van der Waals surface area contributed by atoms with E-state index in [2.05, 4.69) is 13.0 Å². The summed E-state index contributed by atoms with van der Waals surface area (Å²) in [4.78, 5) is 35.4. The van der Waals surface area contributed by atoms with E-state index in [1.807, 2.05) is 35.0 Å². The van der Waals surface area contributed by atoms with Crippen LogP contribution in [0.2, 0.25) is 0 Å². The molecule has 0 radical (unpaired) electrons. The third-order valence-electron chi connectivity index (χ3n) is 5.37. The van der Waals surface area contributed by atoms with Crippen molar-refractivity contribution in [1.29, 1.82) is 0 Å². The number of carbonyl (C=O) groups excluding carboxylic acids is 2. The normalized spacial score (nSPS) is 15.8. The van der Waals surface area contributed by atoms with Gasteiger partial charge in [-0.15, -0.1) is 11.3 Å². The summed E-state index contributed by atoms with van der Waals surface area (Å²) in [5.74, 6) is 0.295. The molecular formula is C21H24N4O3S. The molecule has 1 aliphatic heterocycles. The van der Waals surface area contributed by atoms with E-state index in [0.29, 0.717) is 38.5 Å². The Bertz CT molecular complexity index is 959. The SMILES string of the molecule is CC(c1nc2ccccc2s1)N(C)CC(=O)N1CCN(C(=O)c2ccco2)CC1. The summed E-state index contributed by atoms with van der Waals surface area (Å²) in [7, 11) is 1.95. The Labute approximate surface area is 173 Å². The molecule has 3 aromatic rings. The van der Waals surface area contributed by atoms with Gasteiger partial charge in [0.05, 0.1) is 29.1 Å². The van der Waals surface area contributed by atoms with Crippen LogP contribution in [0, 0.1) is 0 Å². The summed E-state index contributed by atoms with van der Waals surface area (Å²) in [5.41, 5.74) is 0.997. The van der Waals surface area contributed by atoms with E-state index in [0.717, 1.165) is 15.2 Å². The van der Waals surface area contributed by atoms with E-state index in [1.54, 1.807) is 28.4 Å². The van der Waals surface area contributed by atoms with Crippen molar-refractivity contribution in [2.24, 2.45) is 0 Å². The predicted molar refractivity (Wildman–Crippen MR) is 112 cm³/mol. The molecule has 4 rings (SSSR count). The Morgan fingerprint density at radius 2 is 1.86 bits per heavy atom. The van der Waals surface area contributed by atoms with E-state index in [9.17, 15) is 9.59 Å². The minimum absolute atomic E-state index is 0.0539. The second-order valence-corrected chi connectivity index (χ2v) is 8.32. The van der Waals surface area contributed by atoms with E-state index < -0.39 is 0 Å². The van der Waals surface area contributed by atoms with Crippen LogP contribution in [-0.4, -0.2) is 71.3 Å². The van der Waals surface area contributed by atoms with E-state index >= 15 is 0 Å². The standard InChI is InChI=1S/C21H24N4O3S/c1-15(20-22-16-6-3-4-8-18(16)29-20)23(2)14-19(26)24-9-11-25(12-10-24)21(27)17-7-5-13-28-17/h3-8,13,15H,9-12,14H2,1-2H3. The summed E-state index contributed by atoms with van der Waals surface area (Å²) in [6.45, 7) is 4.50. The number of fused-ring (bicyclic) bond motifs is 1. The Kier molecular flexibility index (Phi) is 5.64. The van der Waals surface area contributed by atoms with Gasteiger partial charge in [-0.3, -0.25) is 14.5 Å². The number of benzene rings is 1. The predicted octanol–water partition coefficient (Wildman–Crippen LogP) is 2.87. The third kappa shape index (κ3) is 4.18. The van der Waals surface area contributed by atoms with Crippen LogP contribution in [0.1, 0.15) is 28.5 Å². The first kappa shape index (κ1) is 19.6. The van der Waals surface area contributed by atoms with Gasteiger partial charge in [-0.05, 0) is 38.2 Å². The van der Waals surface area contributed by atoms with Gasteiger partial charge >= 0.3 is 0 Å². The summed E-state index contributed by atoms with van der Waals surface area (Å²) in [6, 6.07) is 11.5. The lowest BCUT2D eigenvalue weighted by atomic mass is 10.2. The number of carbonyl (C=O) groups is 2. The zero-order chi connectivity index (χ0) is 20.4. The van der Waals surface area contributed by atoms with Crippen LogP contribution in [-0.2, 0) is 4.79 Å². The largest absolute Gasteiger partial charge is 0.459 e. The second kappa shape index (κ2) is 8.34. The van der Waals surface area contributed by atoms with Crippen molar-refractivity contribution in [3.05, 3.63) is 53.4 Å². The summed E-state index contributed by atoms with van der Waals surface area (Å²) in [5, 5.41) is 1.01. The molecule has 0 bridgehead atoms. The van der Waals surface area contributed by atoms with Gasteiger partial charge in [0.15, 0.2) is 5.76 Å². The average molecular weight is 413 g/mol. The molecule has 0 aliphatic carbocycles. The minimum Gasteiger partial charge on any atom is -0.459 e. The molecule has 152 valence electrons. The number of hydrogen-bond donors (Lipinski definition) is 0. The van der Waals surface area contributed by atoms with Gasteiger partial charge in [-0.25, -0.2) is 4.98 Å². The molecule has 29 heavy (non-hydrogen) atoms. The monoisotopic (exact) mass is 412 g/mol. The van der Waals surface area contributed by atoms with E-state index in [1.165, 1.54) is 6.26 Å². The molecular weight excluding hydrogens is 388 g/mol. The molecule has 1 unspecified atom stereocenters. The summed E-state index contributed by atoms with van der Waals surface area (Å²) < 4.78 is 6.34. The molecule has 2 amide bonds. The van der Waals surface area contributed by atoms with Crippen molar-refractivity contribution >= 4 is 33.4 Å². The van der Waals surface area contributed by atoms with Crippen LogP contribution in [0.25, 0.3) is 10.2 Å². The minimum atomic E-state index is -0.122. The van der Waals surface area contributed by atoms with Gasteiger partial charge in [0.25, 0.3) is 5.91 Å². The van der Waals surface area contributed by atoms with Crippen molar-refractivity contribution in [3.8, 4) is 0 Å². The Hall–Kier alpha value is -2.71. The number of furan rings is 1. The molecule has 8 heteroatoms. The van der Waals surface area contributed by atoms with Gasteiger partial charge < -0.3 is 14.2 Å². The van der Waals surface area contributed by atoms with Gasteiger partial charge in [0.2, 0.25) is 5.91 Å². The lowest BCUT2D eigenvalue weighted by molar-refractivity contribution is -0.134. The first-order valence-electron chi connectivity index (χ1n) is 9.69. The Balaban J connectivity index is 1.31. The molecule has 1 aliphatic rings. The molecule has 1 aromatic carbocycles. The van der Waals surface area contributed by atoms with Crippen molar-refractivity contribution in [2.45, 2.75) is 13.0 Å². The fraction of sp³-hybridized carbons (Fsp3) is 0.381. The Morgan fingerprint density at radius 1 is 1.14 bits per heavy atom. The lowest BCUT2D eigenvalue weighted by Gasteiger charge is -2.35. The number of thiazole rings is 1. The van der Waals surface area contributed by atoms with Crippen molar-refractivity contribution < 1.29 is 14.0 Å². The van der Waals surface area contributed by atoms with Crippen LogP contribution in [0.3, 0.4) is 0 Å². The van der Waals surface area contributed by atoms with Crippen LogP contribution < -0.4 is 0 Å². The van der Waals surface area contributed by atoms with Crippen LogP contribution in [0.4, 0.5) is 0 Å². The highest BCUT2D eigenvalue weighted by atomic mass is 32.1. The number of likely N-dealkylation sites (N-methyl/N-ethyl adjacent to an activating group) is 1. The van der Waals surface area contributed by atoms with Crippen molar-refractivity contribution in [3.63, 3.8) is 0 Å². The zero-order valence-corrected chi connectivity index (χ0v) is 17.4. The van der Waals surface area contributed by atoms with Crippen molar-refractivity contribution in [2.75, 3.05) is 39.8 Å². The maximum atomic E-state index is 12.8. The van der Waals surface area contributed by atoms with Gasteiger partial charge in [0, 0.05) is 26.2 Å². The molecule has 1 saturated heterocycles. The maximum Gasteiger partial charge on any atom is 0.289 e. The molecule has 1 atom stereocenters. The summed E-state index contributed by atoms with van der Waals surface area (Å²) in [6.07, 6.45) is 1.50. The molecule has 1 fully saturated rings. The Morgan fingerprint density at radius 3 is 2.55 bits per heavy atom. The second-order valence-electron chi connectivity index (χ2n) is 7.26. The van der Waals surface area contributed by atoms with Crippen molar-refractivity contribution in [1.82, 2.24) is 19.7 Å². The zero-order valence-electron chi connectivity index (χ0n) is 16.6. The highest BCUT2D eigenvalue weighted by molar-refractivity contribution is 7.18. The van der Waals surface area contributed by atoms with Gasteiger partial charge in [-0.1, -0.05) is 12.1 Å². The average Bonchev–Trinajstić information content (AvgIpc) is 3.42. The highest BCUT2D eigenvalue weighted by Crippen LogP contribution is 2.28. The number of para-hydroxylation sites is 1. The molecule has 0 N–H and O–H groups in total. The van der Waals surface area contributed by atoms with E-state index in [-0.39, 0.29) is 17.9 Å². The number of hydrogen-bond acceptors (Lipinski definition) is 6. The number of amides is 2. The molecule has 0 saturated carbocycles. The molecule has 3 heterocycles. The smallest absolute Gasteiger partial charge is 0.289 e. The molecule has 2 aromatic heterocycles. The van der Waals surface area contributed by atoms with Gasteiger partial charge in [0.1, 0.15) is 5.01 Å². The van der Waals surface area contributed by atoms with E-state index in [4.69, 9.17) is 9.40 Å². The lowest BCUT2D eigenvalue weighted by Crippen LogP contribution is -2.52. The van der Waals surface area contributed by atoms with Crippen LogP contribution >= 0.6 is 11.3 Å². The topological polar surface area (TPSA) is 69.9 Å². The number of rotatable bonds is 5. The van der Waals surface area contributed by atoms with Crippen LogP contribution in [0.5, 0.6) is 0 Å². The first-order chi connectivity index (χ1) is 14.0. The number of aromatic nitrogens is 1. The maximum absolute atomic E-state index is 12.8. The van der Waals surface area contributed by atoms with Gasteiger partial charge in [-0.2, -0.15) is 0 Å². The quantitative estimate of drug-likeness (QED) is 0.645. The summed E-state index contributed by atoms with van der Waals surface area (Å²) >= 11 is 1.67. The number of piperazine rings is 1. The number of nitrogens with zero attached hydrogens (tertiary/aromatic N) is 4. The van der Waals surface area contributed by atoms with Crippen LogP contribution in [0.15, 0.2) is 47.1 Å². The first-order valence-corrected chi connectivity index (χ1v) is 10.5. The fourth-order valence-electron chi connectivity index (χ4n) is 3.42. The molecule has 7 nitrogen and oxygen atoms in total. The molecule has 0 spiro atoms. The fourth-order valence-corrected chi connectivity index (χ4v) is 4.51. The third-order valence-corrected chi connectivity index (χ3v) is 6.57.